The molecule has 0 N–H and O–H groups in total. The van der Waals surface area contributed by atoms with Gasteiger partial charge in [-0.15, -0.1) is 0 Å². The Labute approximate surface area is 150 Å². The molecule has 0 aliphatic heterocycles. The molecule has 1 amide bonds. The summed E-state index contributed by atoms with van der Waals surface area (Å²) in [6.45, 7) is 13.9. The molecule has 0 radical (unpaired) electrons. The molecule has 0 bridgehead atoms. The summed E-state index contributed by atoms with van der Waals surface area (Å²) in [4.78, 5) is 37.5. The van der Waals surface area contributed by atoms with Crippen molar-refractivity contribution < 1.29 is 28.6 Å². The van der Waals surface area contributed by atoms with E-state index < -0.39 is 35.6 Å². The average molecular weight is 357 g/mol. The molecule has 0 aliphatic carbocycles. The Bertz CT molecular complexity index is 480. The molecule has 0 unspecified atom stereocenters. The molecule has 25 heavy (non-hydrogen) atoms. The first-order valence-electron chi connectivity index (χ1n) is 8.30. The minimum absolute atomic E-state index is 0.104. The monoisotopic (exact) mass is 357 g/mol. The quantitative estimate of drug-likeness (QED) is 0.377. The predicted molar refractivity (Wildman–Crippen MR) is 93.9 cm³/mol. The van der Waals surface area contributed by atoms with Crippen molar-refractivity contribution in [2.75, 3.05) is 20.3 Å². The van der Waals surface area contributed by atoms with Crippen LogP contribution >= 0.6 is 0 Å². The summed E-state index contributed by atoms with van der Waals surface area (Å²) in [5.74, 6) is -1.86. The molecule has 0 heterocycles. The fraction of sp³-hybridized carbons (Fsp3) is 0.722. The maximum atomic E-state index is 12.4. The number of ether oxygens (including phenoxy) is 3. The normalized spacial score (nSPS) is 13.6. The van der Waals surface area contributed by atoms with E-state index in [1.54, 1.807) is 41.5 Å². The average Bonchev–Trinajstić information content (AvgIpc) is 2.48. The van der Waals surface area contributed by atoms with Crippen LogP contribution in [-0.2, 0) is 23.8 Å². The van der Waals surface area contributed by atoms with E-state index in [4.69, 9.17) is 14.2 Å². The maximum Gasteiger partial charge on any atom is 0.410 e. The molecule has 0 rings (SSSR count). The van der Waals surface area contributed by atoms with Crippen LogP contribution in [0.4, 0.5) is 4.79 Å². The van der Waals surface area contributed by atoms with Crippen LogP contribution in [0.2, 0.25) is 0 Å². The van der Waals surface area contributed by atoms with E-state index in [0.717, 1.165) is 0 Å². The van der Waals surface area contributed by atoms with E-state index in [0.29, 0.717) is 0 Å². The number of nitrogens with zero attached hydrogens (tertiary/aromatic N) is 1. The Balaban J connectivity index is 4.82. The van der Waals surface area contributed by atoms with E-state index in [2.05, 4.69) is 6.58 Å². The molecule has 144 valence electrons. The second kappa shape index (κ2) is 10.1. The Hall–Kier alpha value is -2.05. The van der Waals surface area contributed by atoms with Crippen LogP contribution in [0.1, 0.15) is 41.5 Å². The summed E-state index contributed by atoms with van der Waals surface area (Å²) < 4.78 is 15.4. The topological polar surface area (TPSA) is 82.1 Å². The number of likely N-dealkylation sites (N-methyl/N-ethyl adjacent to an activating group) is 1. The molecule has 0 spiro atoms. The fourth-order valence-corrected chi connectivity index (χ4v) is 1.97. The molecule has 2 atom stereocenters. The molecule has 0 saturated heterocycles. The summed E-state index contributed by atoms with van der Waals surface area (Å²) in [6, 6.07) is -0.814. The molecule has 0 aromatic heterocycles. The smallest absolute Gasteiger partial charge is 0.410 e. The zero-order valence-corrected chi connectivity index (χ0v) is 16.3. The summed E-state index contributed by atoms with van der Waals surface area (Å²) in [6.07, 6.45) is 0.850. The van der Waals surface area contributed by atoms with Gasteiger partial charge in [-0.2, -0.15) is 0 Å². The van der Waals surface area contributed by atoms with Crippen molar-refractivity contribution >= 4 is 18.0 Å². The zero-order valence-electron chi connectivity index (χ0n) is 16.3. The van der Waals surface area contributed by atoms with Crippen molar-refractivity contribution in [2.45, 2.75) is 53.2 Å². The number of carbonyl (C=O) groups excluding carboxylic acids is 3. The molecule has 0 aromatic carbocycles. The van der Waals surface area contributed by atoms with Crippen molar-refractivity contribution in [3.05, 3.63) is 12.7 Å². The van der Waals surface area contributed by atoms with Crippen LogP contribution in [-0.4, -0.2) is 54.8 Å². The van der Waals surface area contributed by atoms with Crippen LogP contribution in [0.3, 0.4) is 0 Å². The number of rotatable bonds is 8. The van der Waals surface area contributed by atoms with Crippen molar-refractivity contribution in [3.63, 3.8) is 0 Å². The van der Waals surface area contributed by atoms with Crippen LogP contribution < -0.4 is 0 Å². The third-order valence-electron chi connectivity index (χ3n) is 3.19. The summed E-state index contributed by atoms with van der Waals surface area (Å²) in [7, 11) is 1.49. The highest BCUT2D eigenvalue weighted by atomic mass is 16.6. The molecule has 0 saturated carbocycles. The third kappa shape index (κ3) is 8.56. The van der Waals surface area contributed by atoms with Crippen LogP contribution in [0.15, 0.2) is 12.7 Å². The highest BCUT2D eigenvalue weighted by Gasteiger charge is 2.34. The maximum absolute atomic E-state index is 12.4. The van der Waals surface area contributed by atoms with Gasteiger partial charge in [-0.25, -0.2) is 9.59 Å². The standard InChI is InChI=1S/C18H31NO6/c1-9-10-23-15(20)13(4)11-24-16(21)14(12(2)3)19(8)17(22)25-18(5,6)7/h9,12-14H,1,10-11H2,2-8H3/t13-,14+/m1/s1. The number of hydrogen-bond acceptors (Lipinski definition) is 6. The Morgan fingerprint density at radius 2 is 1.64 bits per heavy atom. The number of amides is 1. The molecule has 7 nitrogen and oxygen atoms in total. The lowest BCUT2D eigenvalue weighted by Crippen LogP contribution is -2.48. The van der Waals surface area contributed by atoms with Gasteiger partial charge in [0.2, 0.25) is 0 Å². The number of carbonyl (C=O) groups is 3. The van der Waals surface area contributed by atoms with Crippen LogP contribution in [0.25, 0.3) is 0 Å². The van der Waals surface area contributed by atoms with Gasteiger partial charge in [-0.3, -0.25) is 9.69 Å². The van der Waals surface area contributed by atoms with Crippen molar-refractivity contribution in [1.29, 1.82) is 0 Å². The molecule has 0 fully saturated rings. The Kier molecular flexibility index (Phi) is 9.23. The van der Waals surface area contributed by atoms with Gasteiger partial charge in [0.15, 0.2) is 0 Å². The van der Waals surface area contributed by atoms with Gasteiger partial charge >= 0.3 is 18.0 Å². The number of esters is 2. The lowest BCUT2D eigenvalue weighted by molar-refractivity contribution is -0.157. The predicted octanol–water partition coefficient (Wildman–Crippen LogP) is 2.79. The van der Waals surface area contributed by atoms with E-state index >= 15 is 0 Å². The van der Waals surface area contributed by atoms with Crippen molar-refractivity contribution in [2.24, 2.45) is 11.8 Å². The highest BCUT2D eigenvalue weighted by Crippen LogP contribution is 2.16. The van der Waals surface area contributed by atoms with E-state index in [-0.39, 0.29) is 19.1 Å². The minimum atomic E-state index is -0.814. The van der Waals surface area contributed by atoms with Gasteiger partial charge < -0.3 is 14.2 Å². The summed E-state index contributed by atoms with van der Waals surface area (Å²) >= 11 is 0. The molecular weight excluding hydrogens is 326 g/mol. The van der Waals surface area contributed by atoms with Gasteiger partial charge in [-0.05, 0) is 33.6 Å². The summed E-state index contributed by atoms with van der Waals surface area (Å²) in [5, 5.41) is 0. The van der Waals surface area contributed by atoms with Gasteiger partial charge in [-0.1, -0.05) is 26.5 Å². The Morgan fingerprint density at radius 1 is 1.08 bits per heavy atom. The molecule has 7 heteroatoms. The molecule has 0 aliphatic rings. The lowest BCUT2D eigenvalue weighted by Gasteiger charge is -2.31. The fourth-order valence-electron chi connectivity index (χ4n) is 1.97. The minimum Gasteiger partial charge on any atom is -0.463 e. The van der Waals surface area contributed by atoms with Crippen LogP contribution in [0.5, 0.6) is 0 Å². The first-order chi connectivity index (χ1) is 11.4. The largest absolute Gasteiger partial charge is 0.463 e. The lowest BCUT2D eigenvalue weighted by atomic mass is 10.0. The summed E-state index contributed by atoms with van der Waals surface area (Å²) in [5.41, 5.74) is -0.666. The first kappa shape index (κ1) is 22.9. The second-order valence-corrected chi connectivity index (χ2v) is 7.23. The van der Waals surface area contributed by atoms with Gasteiger partial charge in [0.05, 0.1) is 5.92 Å². The Morgan fingerprint density at radius 3 is 2.08 bits per heavy atom. The zero-order chi connectivity index (χ0) is 19.8. The van der Waals surface area contributed by atoms with E-state index in [1.807, 2.05) is 0 Å². The third-order valence-corrected chi connectivity index (χ3v) is 3.19. The van der Waals surface area contributed by atoms with Crippen LogP contribution in [0, 0.1) is 11.8 Å². The van der Waals surface area contributed by atoms with Crippen molar-refractivity contribution in [1.82, 2.24) is 4.90 Å². The molecular formula is C18H31NO6. The molecule has 0 aromatic rings. The van der Waals surface area contributed by atoms with Gasteiger partial charge in [0.25, 0.3) is 0 Å². The van der Waals surface area contributed by atoms with E-state index in [9.17, 15) is 14.4 Å². The second-order valence-electron chi connectivity index (χ2n) is 7.23. The van der Waals surface area contributed by atoms with Gasteiger partial charge in [0, 0.05) is 7.05 Å². The van der Waals surface area contributed by atoms with Crippen molar-refractivity contribution in [3.8, 4) is 0 Å². The van der Waals surface area contributed by atoms with Gasteiger partial charge in [0.1, 0.15) is 24.9 Å². The first-order valence-corrected chi connectivity index (χ1v) is 8.30. The number of hydrogen-bond donors (Lipinski definition) is 0. The van der Waals surface area contributed by atoms with E-state index in [1.165, 1.54) is 18.0 Å². The SMILES string of the molecule is C=CCOC(=O)[C@H](C)COC(=O)[C@H](C(C)C)N(C)C(=O)OC(C)(C)C. The highest BCUT2D eigenvalue weighted by molar-refractivity contribution is 5.82.